The number of hydrogen-bond acceptors (Lipinski definition) is 1. The van der Waals surface area contributed by atoms with Gasteiger partial charge < -0.3 is 4.18 Å². The summed E-state index contributed by atoms with van der Waals surface area (Å²) in [5, 5.41) is 0. The molecule has 0 saturated heterocycles. The van der Waals surface area contributed by atoms with Gasteiger partial charge in [-0.25, -0.2) is 0 Å². The minimum atomic E-state index is -0.799. The Kier molecular flexibility index (Phi) is 4.26. The second kappa shape index (κ2) is 6.15. The van der Waals surface area contributed by atoms with Crippen LogP contribution in [0.3, 0.4) is 0 Å². The van der Waals surface area contributed by atoms with E-state index in [0.717, 1.165) is 0 Å². The summed E-state index contributed by atoms with van der Waals surface area (Å²) >= 11 is -0.799. The Balaban J connectivity index is 2.30. The smallest absolute Gasteiger partial charge is 0.120 e. The topological polar surface area (TPSA) is 9.23 Å². The molecule has 0 N–H and O–H groups in total. The summed E-state index contributed by atoms with van der Waals surface area (Å²) in [6, 6.07) is 20.4. The van der Waals surface area contributed by atoms with E-state index in [2.05, 4.69) is 30.2 Å². The average Bonchev–Trinajstić information content (AvgIpc) is 2.42. The third-order valence-electron chi connectivity index (χ3n) is 2.26. The van der Waals surface area contributed by atoms with Crippen molar-refractivity contribution in [3.05, 3.63) is 60.7 Å². The lowest BCUT2D eigenvalue weighted by atomic mass is 10.4. The maximum atomic E-state index is 5.79. The van der Waals surface area contributed by atoms with Gasteiger partial charge in [-0.2, -0.15) is 0 Å². The molecule has 2 aromatic carbocycles. The molecule has 0 spiro atoms. The first kappa shape index (κ1) is 11.8. The van der Waals surface area contributed by atoms with Crippen LogP contribution in [0.15, 0.2) is 70.5 Å². The third-order valence-corrected chi connectivity index (χ3v) is 4.18. The van der Waals surface area contributed by atoms with Crippen molar-refractivity contribution in [3.8, 4) is 12.3 Å². The zero-order chi connectivity index (χ0) is 11.9. The Morgan fingerprint density at radius 3 is 1.76 bits per heavy atom. The van der Waals surface area contributed by atoms with Crippen molar-refractivity contribution in [3.63, 3.8) is 0 Å². The van der Waals surface area contributed by atoms with Crippen LogP contribution in [0.4, 0.5) is 0 Å². The lowest BCUT2D eigenvalue weighted by Gasteiger charge is -2.21. The Bertz CT molecular complexity index is 448. The lowest BCUT2D eigenvalue weighted by Crippen LogP contribution is -1.92. The van der Waals surface area contributed by atoms with Crippen molar-refractivity contribution in [1.82, 2.24) is 0 Å². The molecule has 1 nitrogen and oxygen atoms in total. The standard InChI is InChI=1S/C15H14OS/c1-2-13-16-17(14-9-5-3-6-10-14)15-11-7-4-8-12-15/h1,3-12,17H,13H2. The van der Waals surface area contributed by atoms with Crippen LogP contribution < -0.4 is 0 Å². The van der Waals surface area contributed by atoms with E-state index >= 15 is 0 Å². The first-order chi connectivity index (χ1) is 8.42. The number of hydrogen-bond donors (Lipinski definition) is 1. The summed E-state index contributed by atoms with van der Waals surface area (Å²) in [5.74, 6) is 2.53. The second-order valence-electron chi connectivity index (χ2n) is 3.44. The highest BCUT2D eigenvalue weighted by Gasteiger charge is 2.08. The van der Waals surface area contributed by atoms with Gasteiger partial charge in [0.15, 0.2) is 0 Å². The number of thiol groups is 1. The fourth-order valence-electron chi connectivity index (χ4n) is 1.53. The van der Waals surface area contributed by atoms with Crippen LogP contribution in [-0.4, -0.2) is 6.61 Å². The van der Waals surface area contributed by atoms with Gasteiger partial charge in [0.2, 0.25) is 0 Å². The van der Waals surface area contributed by atoms with E-state index in [1.165, 1.54) is 9.79 Å². The second-order valence-corrected chi connectivity index (χ2v) is 5.32. The molecule has 0 heterocycles. The number of rotatable bonds is 4. The molecule has 0 fully saturated rings. The molecular weight excluding hydrogens is 228 g/mol. The van der Waals surface area contributed by atoms with E-state index in [9.17, 15) is 0 Å². The fourth-order valence-corrected chi connectivity index (χ4v) is 3.21. The molecule has 0 unspecified atom stereocenters. The maximum Gasteiger partial charge on any atom is 0.120 e. The van der Waals surface area contributed by atoms with Crippen molar-refractivity contribution >= 4 is 11.2 Å². The van der Waals surface area contributed by atoms with Crippen LogP contribution in [-0.2, 0) is 4.18 Å². The van der Waals surface area contributed by atoms with Gasteiger partial charge in [0.05, 0.1) is 0 Å². The molecule has 0 atom stereocenters. The highest BCUT2D eigenvalue weighted by atomic mass is 32.2. The monoisotopic (exact) mass is 242 g/mol. The predicted octanol–water partition coefficient (Wildman–Crippen LogP) is 3.67. The van der Waals surface area contributed by atoms with Crippen LogP contribution >= 0.6 is 11.2 Å². The fraction of sp³-hybridized carbons (Fsp3) is 0.0667. The molecule has 0 saturated carbocycles. The summed E-state index contributed by atoms with van der Waals surface area (Å²) in [5.41, 5.74) is 0. The molecule has 2 aromatic rings. The lowest BCUT2D eigenvalue weighted by molar-refractivity contribution is 0.427. The van der Waals surface area contributed by atoms with Gasteiger partial charge in [-0.1, -0.05) is 53.5 Å². The van der Waals surface area contributed by atoms with E-state index in [0.29, 0.717) is 6.61 Å². The van der Waals surface area contributed by atoms with E-state index < -0.39 is 11.2 Å². The summed E-state index contributed by atoms with van der Waals surface area (Å²) in [6.07, 6.45) is 5.27. The zero-order valence-corrected chi connectivity index (χ0v) is 10.3. The Morgan fingerprint density at radius 1 is 0.882 bits per heavy atom. The normalized spacial score (nSPS) is 10.6. The Hall–Kier alpha value is -1.69. The zero-order valence-electron chi connectivity index (χ0n) is 9.41. The molecule has 17 heavy (non-hydrogen) atoms. The minimum absolute atomic E-state index is 0.343. The Morgan fingerprint density at radius 2 is 1.35 bits per heavy atom. The first-order valence-electron chi connectivity index (χ1n) is 5.38. The molecule has 0 amide bonds. The highest BCUT2D eigenvalue weighted by Crippen LogP contribution is 2.44. The van der Waals surface area contributed by atoms with Gasteiger partial charge in [-0.3, -0.25) is 0 Å². The molecule has 2 rings (SSSR count). The number of benzene rings is 2. The van der Waals surface area contributed by atoms with E-state index in [-0.39, 0.29) is 0 Å². The van der Waals surface area contributed by atoms with Crippen molar-refractivity contribution in [2.45, 2.75) is 9.79 Å². The molecule has 0 aliphatic carbocycles. The third kappa shape index (κ3) is 3.13. The van der Waals surface area contributed by atoms with Gasteiger partial charge in [0, 0.05) is 9.79 Å². The van der Waals surface area contributed by atoms with Crippen molar-refractivity contribution in [2.75, 3.05) is 6.61 Å². The largest absolute Gasteiger partial charge is 0.318 e. The predicted molar refractivity (Wildman–Crippen MR) is 73.2 cm³/mol. The van der Waals surface area contributed by atoms with E-state index in [4.69, 9.17) is 10.6 Å². The summed E-state index contributed by atoms with van der Waals surface area (Å²) < 4.78 is 5.79. The number of terminal acetylenes is 1. The van der Waals surface area contributed by atoms with Gasteiger partial charge in [0.1, 0.15) is 6.61 Å². The van der Waals surface area contributed by atoms with Crippen molar-refractivity contribution in [1.29, 1.82) is 0 Å². The molecule has 0 bridgehead atoms. The molecule has 2 heteroatoms. The van der Waals surface area contributed by atoms with Crippen LogP contribution in [0.25, 0.3) is 0 Å². The van der Waals surface area contributed by atoms with Crippen LogP contribution in [0, 0.1) is 12.3 Å². The first-order valence-corrected chi connectivity index (χ1v) is 6.64. The molecule has 0 radical (unpaired) electrons. The van der Waals surface area contributed by atoms with Crippen LogP contribution in [0.5, 0.6) is 0 Å². The molecular formula is C15H14OS. The summed E-state index contributed by atoms with van der Waals surface area (Å²) in [6.45, 7) is 0.343. The van der Waals surface area contributed by atoms with Crippen molar-refractivity contribution < 1.29 is 4.18 Å². The van der Waals surface area contributed by atoms with E-state index in [1.54, 1.807) is 0 Å². The highest BCUT2D eigenvalue weighted by molar-refractivity contribution is 8.13. The van der Waals surface area contributed by atoms with Gasteiger partial charge in [-0.05, 0) is 24.3 Å². The van der Waals surface area contributed by atoms with Gasteiger partial charge in [0.25, 0.3) is 0 Å². The van der Waals surface area contributed by atoms with Crippen LogP contribution in [0.1, 0.15) is 0 Å². The van der Waals surface area contributed by atoms with Gasteiger partial charge in [-0.15, -0.1) is 6.42 Å². The van der Waals surface area contributed by atoms with Gasteiger partial charge >= 0.3 is 0 Å². The molecule has 0 aliphatic rings. The summed E-state index contributed by atoms with van der Waals surface area (Å²) in [7, 11) is 0. The minimum Gasteiger partial charge on any atom is -0.318 e. The quantitative estimate of drug-likeness (QED) is 0.635. The summed E-state index contributed by atoms with van der Waals surface area (Å²) in [4.78, 5) is 2.37. The molecule has 0 aromatic heterocycles. The average molecular weight is 242 g/mol. The molecule has 86 valence electrons. The SMILES string of the molecule is C#CCO[SH](c1ccccc1)c1ccccc1. The van der Waals surface area contributed by atoms with Crippen LogP contribution in [0.2, 0.25) is 0 Å². The Labute approximate surface area is 105 Å². The molecule has 0 aliphatic heterocycles. The maximum absolute atomic E-state index is 5.79. The van der Waals surface area contributed by atoms with E-state index in [1.807, 2.05) is 36.4 Å². The van der Waals surface area contributed by atoms with Crippen molar-refractivity contribution in [2.24, 2.45) is 0 Å².